The van der Waals surface area contributed by atoms with Crippen molar-refractivity contribution in [1.82, 2.24) is 5.32 Å². The summed E-state index contributed by atoms with van der Waals surface area (Å²) < 4.78 is 10.1. The lowest BCUT2D eigenvalue weighted by atomic mass is 10.0. The van der Waals surface area contributed by atoms with Gasteiger partial charge in [-0.2, -0.15) is 0 Å². The van der Waals surface area contributed by atoms with Crippen LogP contribution in [0.4, 0.5) is 0 Å². The molecule has 0 bridgehead atoms. The van der Waals surface area contributed by atoms with Crippen LogP contribution in [0.5, 0.6) is 0 Å². The second kappa shape index (κ2) is 8.11. The lowest BCUT2D eigenvalue weighted by molar-refractivity contribution is -0.144. The summed E-state index contributed by atoms with van der Waals surface area (Å²) in [6, 6.07) is 6.80. The van der Waals surface area contributed by atoms with E-state index in [9.17, 15) is 9.59 Å². The van der Waals surface area contributed by atoms with Gasteiger partial charge in [-0.05, 0) is 44.4 Å². The topological polar surface area (TPSA) is 64.6 Å². The first-order chi connectivity index (χ1) is 10.6. The van der Waals surface area contributed by atoms with Crippen LogP contribution in [0.15, 0.2) is 24.3 Å². The molecule has 0 heterocycles. The summed E-state index contributed by atoms with van der Waals surface area (Å²) in [5.41, 5.74) is 0.978. The van der Waals surface area contributed by atoms with Gasteiger partial charge in [0, 0.05) is 6.54 Å². The number of benzene rings is 1. The van der Waals surface area contributed by atoms with E-state index in [0.717, 1.165) is 5.56 Å². The first-order valence-electron chi connectivity index (χ1n) is 7.77. The normalized spacial score (nSPS) is 12.8. The molecule has 1 rings (SSSR count). The summed E-state index contributed by atoms with van der Waals surface area (Å²) in [5, 5.41) is 3.18. The van der Waals surface area contributed by atoms with Crippen LogP contribution < -0.4 is 5.32 Å². The fraction of sp³-hybridized carbons (Fsp3) is 0.556. The molecule has 23 heavy (non-hydrogen) atoms. The van der Waals surface area contributed by atoms with Gasteiger partial charge in [0.05, 0.1) is 12.7 Å². The number of rotatable bonds is 6. The third-order valence-electron chi connectivity index (χ3n) is 3.24. The van der Waals surface area contributed by atoms with E-state index in [1.54, 1.807) is 12.1 Å². The summed E-state index contributed by atoms with van der Waals surface area (Å²) in [6.45, 7) is 9.94. The summed E-state index contributed by atoms with van der Waals surface area (Å²) >= 11 is 0. The SMILES string of the molecule is COC(=O)[C@@H](NCc1ccc(C(=O)OC(C)(C)C)cc1)C(C)C. The molecule has 1 atom stereocenters. The molecule has 0 aliphatic heterocycles. The Bertz CT molecular complexity index is 529. The van der Waals surface area contributed by atoms with Gasteiger partial charge in [0.25, 0.3) is 0 Å². The molecule has 0 spiro atoms. The quantitative estimate of drug-likeness (QED) is 0.816. The Labute approximate surface area is 138 Å². The molecule has 0 aromatic heterocycles. The van der Waals surface area contributed by atoms with Gasteiger partial charge < -0.3 is 14.8 Å². The van der Waals surface area contributed by atoms with Crippen LogP contribution >= 0.6 is 0 Å². The first-order valence-corrected chi connectivity index (χ1v) is 7.77. The number of nitrogens with one attached hydrogen (secondary N) is 1. The minimum absolute atomic E-state index is 0.128. The Morgan fingerprint density at radius 3 is 2.13 bits per heavy atom. The molecule has 128 valence electrons. The van der Waals surface area contributed by atoms with Crippen molar-refractivity contribution in [1.29, 1.82) is 0 Å². The third kappa shape index (κ3) is 6.40. The van der Waals surface area contributed by atoms with Crippen LogP contribution in [-0.4, -0.2) is 30.7 Å². The van der Waals surface area contributed by atoms with Crippen molar-refractivity contribution in [2.45, 2.75) is 52.8 Å². The van der Waals surface area contributed by atoms with Gasteiger partial charge in [-0.25, -0.2) is 4.79 Å². The number of hydrogen-bond acceptors (Lipinski definition) is 5. The second-order valence-corrected chi connectivity index (χ2v) is 6.82. The van der Waals surface area contributed by atoms with E-state index in [1.165, 1.54) is 7.11 Å². The fourth-order valence-electron chi connectivity index (χ4n) is 2.04. The van der Waals surface area contributed by atoms with Gasteiger partial charge in [0.15, 0.2) is 0 Å². The summed E-state index contributed by atoms with van der Waals surface area (Å²) in [4.78, 5) is 23.7. The maximum absolute atomic E-state index is 12.0. The zero-order valence-electron chi connectivity index (χ0n) is 14.8. The molecule has 0 saturated heterocycles. The van der Waals surface area contributed by atoms with E-state index < -0.39 is 5.60 Å². The standard InChI is InChI=1S/C18H27NO4/c1-12(2)15(17(21)22-6)19-11-13-7-9-14(10-8-13)16(20)23-18(3,4)5/h7-10,12,15,19H,11H2,1-6H3/t15-/m0/s1. The van der Waals surface area contributed by atoms with Crippen LogP contribution in [0.2, 0.25) is 0 Å². The summed E-state index contributed by atoms with van der Waals surface area (Å²) in [5.74, 6) is -0.486. The predicted molar refractivity (Wildman–Crippen MR) is 89.1 cm³/mol. The number of esters is 2. The van der Waals surface area contributed by atoms with Gasteiger partial charge in [-0.15, -0.1) is 0 Å². The Balaban J connectivity index is 2.67. The van der Waals surface area contributed by atoms with Gasteiger partial charge in [0.1, 0.15) is 11.6 Å². The Morgan fingerprint density at radius 1 is 1.13 bits per heavy atom. The number of hydrogen-bond donors (Lipinski definition) is 1. The van der Waals surface area contributed by atoms with Gasteiger partial charge in [-0.3, -0.25) is 4.79 Å². The third-order valence-corrected chi connectivity index (χ3v) is 3.24. The molecule has 1 N–H and O–H groups in total. The van der Waals surface area contributed by atoms with Crippen LogP contribution in [0, 0.1) is 5.92 Å². The molecular weight excluding hydrogens is 294 g/mol. The summed E-state index contributed by atoms with van der Waals surface area (Å²) in [6.07, 6.45) is 0. The van der Waals surface area contributed by atoms with Crippen molar-refractivity contribution >= 4 is 11.9 Å². The highest BCUT2D eigenvalue weighted by Crippen LogP contribution is 2.13. The molecule has 1 aromatic carbocycles. The van der Waals surface area contributed by atoms with E-state index in [0.29, 0.717) is 12.1 Å². The molecule has 1 aromatic rings. The van der Waals surface area contributed by atoms with Gasteiger partial charge in [0.2, 0.25) is 0 Å². The zero-order valence-corrected chi connectivity index (χ0v) is 14.8. The van der Waals surface area contributed by atoms with Crippen LogP contribution in [0.3, 0.4) is 0 Å². The van der Waals surface area contributed by atoms with Gasteiger partial charge >= 0.3 is 11.9 Å². The van der Waals surface area contributed by atoms with E-state index in [1.807, 2.05) is 46.8 Å². The number of methoxy groups -OCH3 is 1. The van der Waals surface area contributed by atoms with Crippen molar-refractivity contribution in [2.24, 2.45) is 5.92 Å². The van der Waals surface area contributed by atoms with Crippen molar-refractivity contribution < 1.29 is 19.1 Å². The average Bonchev–Trinajstić information content (AvgIpc) is 2.45. The molecule has 0 fully saturated rings. The molecule has 5 nitrogen and oxygen atoms in total. The van der Waals surface area contributed by atoms with E-state index in [2.05, 4.69) is 5.32 Å². The summed E-state index contributed by atoms with van der Waals surface area (Å²) in [7, 11) is 1.38. The molecule has 0 radical (unpaired) electrons. The van der Waals surface area contributed by atoms with Crippen LogP contribution in [0.25, 0.3) is 0 Å². The maximum atomic E-state index is 12.0. The Hall–Kier alpha value is -1.88. The van der Waals surface area contributed by atoms with Crippen molar-refractivity contribution in [3.05, 3.63) is 35.4 Å². The highest BCUT2D eigenvalue weighted by atomic mass is 16.6. The molecule has 0 aliphatic carbocycles. The lowest BCUT2D eigenvalue weighted by Gasteiger charge is -2.20. The monoisotopic (exact) mass is 321 g/mol. The van der Waals surface area contributed by atoms with Crippen molar-refractivity contribution in [3.8, 4) is 0 Å². The Kier molecular flexibility index (Phi) is 6.76. The molecular formula is C18H27NO4. The van der Waals surface area contributed by atoms with E-state index >= 15 is 0 Å². The largest absolute Gasteiger partial charge is 0.468 e. The smallest absolute Gasteiger partial charge is 0.338 e. The van der Waals surface area contributed by atoms with Crippen LogP contribution in [0.1, 0.15) is 50.5 Å². The van der Waals surface area contributed by atoms with E-state index in [4.69, 9.17) is 9.47 Å². The minimum atomic E-state index is -0.512. The number of carbonyl (C=O) groups is 2. The second-order valence-electron chi connectivity index (χ2n) is 6.82. The minimum Gasteiger partial charge on any atom is -0.468 e. The number of carbonyl (C=O) groups excluding carboxylic acids is 2. The molecule has 0 unspecified atom stereocenters. The number of ether oxygens (including phenoxy) is 2. The van der Waals surface area contributed by atoms with Crippen molar-refractivity contribution in [3.63, 3.8) is 0 Å². The molecule has 0 amide bonds. The lowest BCUT2D eigenvalue weighted by Crippen LogP contribution is -2.41. The van der Waals surface area contributed by atoms with Crippen molar-refractivity contribution in [2.75, 3.05) is 7.11 Å². The fourth-order valence-corrected chi connectivity index (χ4v) is 2.04. The zero-order chi connectivity index (χ0) is 17.6. The van der Waals surface area contributed by atoms with E-state index in [-0.39, 0.29) is 23.9 Å². The highest BCUT2D eigenvalue weighted by Gasteiger charge is 2.22. The molecule has 0 saturated carbocycles. The Morgan fingerprint density at radius 2 is 1.70 bits per heavy atom. The highest BCUT2D eigenvalue weighted by molar-refractivity contribution is 5.89. The maximum Gasteiger partial charge on any atom is 0.338 e. The van der Waals surface area contributed by atoms with Crippen LogP contribution in [-0.2, 0) is 20.8 Å². The molecule has 5 heteroatoms. The average molecular weight is 321 g/mol. The predicted octanol–water partition coefficient (Wildman–Crippen LogP) is 2.93. The molecule has 0 aliphatic rings. The first kappa shape index (κ1) is 19.2. The van der Waals surface area contributed by atoms with Gasteiger partial charge in [-0.1, -0.05) is 26.0 Å².